The summed E-state index contributed by atoms with van der Waals surface area (Å²) in [6, 6.07) is 10.3. The Morgan fingerprint density at radius 3 is 2.38 bits per heavy atom. The molecule has 2 heterocycles. The first-order valence-electron chi connectivity index (χ1n) is 7.77. The largest absolute Gasteiger partial charge is 0.508 e. The van der Waals surface area contributed by atoms with E-state index in [1.807, 2.05) is 12.1 Å². The number of carbonyl (C=O) groups excluding carboxylic acids is 2. The predicted octanol–water partition coefficient (Wildman–Crippen LogP) is 1.36. The maximum absolute atomic E-state index is 12.5. The van der Waals surface area contributed by atoms with Crippen LogP contribution in [0.4, 0.5) is 0 Å². The van der Waals surface area contributed by atoms with Gasteiger partial charge in [-0.25, -0.2) is 0 Å². The fourth-order valence-electron chi connectivity index (χ4n) is 3.14. The van der Waals surface area contributed by atoms with Crippen molar-refractivity contribution in [2.24, 2.45) is 0 Å². The first-order valence-corrected chi connectivity index (χ1v) is 7.77. The van der Waals surface area contributed by atoms with Crippen LogP contribution in [0.1, 0.15) is 28.8 Å². The zero-order chi connectivity index (χ0) is 16.7. The molecule has 122 valence electrons. The highest BCUT2D eigenvalue weighted by molar-refractivity contribution is 5.98. The highest BCUT2D eigenvalue weighted by Gasteiger charge is 2.35. The molecule has 1 fully saturated rings. The molecule has 2 aromatic rings. The molecule has 1 saturated heterocycles. The number of nitrogens with one attached hydrogen (secondary N) is 2. The lowest BCUT2D eigenvalue weighted by Gasteiger charge is -2.30. The van der Waals surface area contributed by atoms with Gasteiger partial charge in [0.05, 0.1) is 6.61 Å². The Morgan fingerprint density at radius 2 is 1.67 bits per heavy atom. The van der Waals surface area contributed by atoms with Gasteiger partial charge in [-0.2, -0.15) is 0 Å². The van der Waals surface area contributed by atoms with Crippen molar-refractivity contribution in [1.29, 1.82) is 0 Å². The zero-order valence-electron chi connectivity index (χ0n) is 12.8. The lowest BCUT2D eigenvalue weighted by atomic mass is 9.97. The van der Waals surface area contributed by atoms with E-state index in [1.54, 1.807) is 18.2 Å². The summed E-state index contributed by atoms with van der Waals surface area (Å²) in [5, 5.41) is 15.1. The average Bonchev–Trinajstić information content (AvgIpc) is 3.04. The van der Waals surface area contributed by atoms with Crippen molar-refractivity contribution < 1.29 is 19.4 Å². The molecule has 2 aliphatic rings. The maximum Gasteiger partial charge on any atom is 0.248 e. The Bertz CT molecular complexity index is 834. The van der Waals surface area contributed by atoms with E-state index in [9.17, 15) is 14.7 Å². The lowest BCUT2D eigenvalue weighted by molar-refractivity contribution is -0.137. The topological polar surface area (TPSA) is 87.7 Å². The van der Waals surface area contributed by atoms with Gasteiger partial charge in [0.1, 0.15) is 23.6 Å². The van der Waals surface area contributed by atoms with Crippen molar-refractivity contribution in [3.05, 3.63) is 59.2 Å². The van der Waals surface area contributed by atoms with Crippen molar-refractivity contribution in [3.63, 3.8) is 0 Å². The van der Waals surface area contributed by atoms with Gasteiger partial charge >= 0.3 is 0 Å². The number of hydrogen-bond donors (Lipinski definition) is 3. The van der Waals surface area contributed by atoms with Gasteiger partial charge in [-0.1, -0.05) is 18.2 Å². The number of rotatable bonds is 2. The van der Waals surface area contributed by atoms with E-state index in [2.05, 4.69) is 10.6 Å². The molecule has 24 heavy (non-hydrogen) atoms. The minimum Gasteiger partial charge on any atom is -0.508 e. The molecule has 0 bridgehead atoms. The second-order valence-electron chi connectivity index (χ2n) is 5.94. The number of hydrogen-bond acceptors (Lipinski definition) is 4. The van der Waals surface area contributed by atoms with E-state index >= 15 is 0 Å². The molecule has 2 unspecified atom stereocenters. The fraction of sp³-hybridized carbons (Fsp3) is 0.222. The van der Waals surface area contributed by atoms with Crippen LogP contribution in [0.3, 0.4) is 0 Å². The molecule has 0 radical (unpaired) electrons. The highest BCUT2D eigenvalue weighted by atomic mass is 16.5. The van der Waals surface area contributed by atoms with Crippen molar-refractivity contribution in [3.8, 4) is 11.5 Å². The van der Waals surface area contributed by atoms with Crippen LogP contribution in [0.25, 0.3) is 0 Å². The number of carbonyl (C=O) groups is 2. The van der Waals surface area contributed by atoms with Gasteiger partial charge in [0.2, 0.25) is 11.8 Å². The molecule has 2 aromatic carbocycles. The Hall–Kier alpha value is -3.02. The number of phenols is 1. The first-order chi connectivity index (χ1) is 11.6. The van der Waals surface area contributed by atoms with Gasteiger partial charge in [0.25, 0.3) is 0 Å². The van der Waals surface area contributed by atoms with E-state index in [-0.39, 0.29) is 17.6 Å². The van der Waals surface area contributed by atoms with Gasteiger partial charge in [-0.05, 0) is 41.0 Å². The summed E-state index contributed by atoms with van der Waals surface area (Å²) in [7, 11) is 0. The molecular weight excluding hydrogens is 308 g/mol. The van der Waals surface area contributed by atoms with Gasteiger partial charge in [-0.3, -0.25) is 9.59 Å². The van der Waals surface area contributed by atoms with E-state index in [0.717, 1.165) is 23.3 Å². The Morgan fingerprint density at radius 1 is 0.958 bits per heavy atom. The van der Waals surface area contributed by atoms with E-state index in [1.165, 1.54) is 12.1 Å². The third-order valence-corrected chi connectivity index (χ3v) is 4.35. The smallest absolute Gasteiger partial charge is 0.248 e. The number of benzene rings is 2. The number of fused-ring (bicyclic) bond motifs is 1. The van der Waals surface area contributed by atoms with Crippen LogP contribution in [0.15, 0.2) is 42.5 Å². The van der Waals surface area contributed by atoms with Crippen LogP contribution in [0.5, 0.6) is 11.5 Å². The first kappa shape index (κ1) is 14.6. The zero-order valence-corrected chi connectivity index (χ0v) is 12.8. The van der Waals surface area contributed by atoms with Crippen molar-refractivity contribution in [1.82, 2.24) is 10.6 Å². The van der Waals surface area contributed by atoms with E-state index in [4.69, 9.17) is 4.74 Å². The second-order valence-corrected chi connectivity index (χ2v) is 5.94. The van der Waals surface area contributed by atoms with Gasteiger partial charge in [0.15, 0.2) is 0 Å². The van der Waals surface area contributed by atoms with E-state index in [0.29, 0.717) is 12.2 Å². The molecule has 0 aromatic heterocycles. The molecule has 3 N–H and O–H groups in total. The van der Waals surface area contributed by atoms with Crippen molar-refractivity contribution in [2.75, 3.05) is 6.61 Å². The monoisotopic (exact) mass is 324 g/mol. The fourth-order valence-corrected chi connectivity index (χ4v) is 3.14. The summed E-state index contributed by atoms with van der Waals surface area (Å²) in [5.41, 5.74) is 2.32. The predicted molar refractivity (Wildman–Crippen MR) is 85.5 cm³/mol. The quantitative estimate of drug-likeness (QED) is 0.778. The normalized spacial score (nSPS) is 22.3. The van der Waals surface area contributed by atoms with Gasteiger partial charge in [-0.15, -0.1) is 0 Å². The van der Waals surface area contributed by atoms with Gasteiger partial charge in [0, 0.05) is 6.42 Å². The summed E-state index contributed by atoms with van der Waals surface area (Å²) in [5.74, 6) is 0.304. The number of ether oxygens (including phenoxy) is 1. The van der Waals surface area contributed by atoms with E-state index < -0.39 is 12.1 Å². The third-order valence-electron chi connectivity index (χ3n) is 4.35. The van der Waals surface area contributed by atoms with Gasteiger partial charge < -0.3 is 20.5 Å². The maximum atomic E-state index is 12.5. The van der Waals surface area contributed by atoms with Crippen LogP contribution in [-0.4, -0.2) is 23.5 Å². The number of piperazine rings is 1. The lowest BCUT2D eigenvalue weighted by Crippen LogP contribution is -2.52. The summed E-state index contributed by atoms with van der Waals surface area (Å²) >= 11 is 0. The summed E-state index contributed by atoms with van der Waals surface area (Å²) in [6.07, 6.45) is 0.803. The average molecular weight is 324 g/mol. The SMILES string of the molecule is O=C1NC(c2ccc3c(c2)CCO3)C(=O)NC1c1cccc(O)c1. The summed E-state index contributed by atoms with van der Waals surface area (Å²) < 4.78 is 5.46. The molecule has 2 atom stereocenters. The highest BCUT2D eigenvalue weighted by Crippen LogP contribution is 2.30. The van der Waals surface area contributed by atoms with Crippen LogP contribution in [-0.2, 0) is 16.0 Å². The second kappa shape index (κ2) is 5.56. The minimum atomic E-state index is -0.807. The van der Waals surface area contributed by atoms with Crippen molar-refractivity contribution in [2.45, 2.75) is 18.5 Å². The summed E-state index contributed by atoms with van der Waals surface area (Å²) in [4.78, 5) is 24.9. The number of amides is 2. The Labute approximate surface area is 138 Å². The molecule has 0 spiro atoms. The molecule has 4 rings (SSSR count). The standard InChI is InChI=1S/C18H16N2O4/c21-13-3-1-2-11(9-13)15-17(22)20-16(18(23)19-15)12-4-5-14-10(8-12)6-7-24-14/h1-5,8-9,15-16,21H,6-7H2,(H,19,23)(H,20,22). The Kier molecular flexibility index (Phi) is 3.37. The van der Waals surface area contributed by atoms with Crippen LogP contribution >= 0.6 is 0 Å². The third kappa shape index (κ3) is 2.46. The molecule has 6 heteroatoms. The van der Waals surface area contributed by atoms with Crippen molar-refractivity contribution >= 4 is 11.8 Å². The minimum absolute atomic E-state index is 0.0512. The molecular formula is C18H16N2O4. The molecule has 0 aliphatic carbocycles. The Balaban J connectivity index is 1.59. The number of aromatic hydroxyl groups is 1. The molecule has 2 amide bonds. The van der Waals surface area contributed by atoms with Crippen LogP contribution < -0.4 is 15.4 Å². The number of phenolic OH excluding ortho intramolecular Hbond substituents is 1. The van der Waals surface area contributed by atoms with Crippen LogP contribution in [0, 0.1) is 0 Å². The van der Waals surface area contributed by atoms with Crippen LogP contribution in [0.2, 0.25) is 0 Å². The summed E-state index contributed by atoms with van der Waals surface area (Å²) in [6.45, 7) is 0.640. The molecule has 2 aliphatic heterocycles. The molecule has 6 nitrogen and oxygen atoms in total. The molecule has 0 saturated carbocycles.